The smallest absolute Gasteiger partial charge is 0.179 e. The van der Waals surface area contributed by atoms with Crippen LogP contribution < -0.4 is 14.8 Å². The highest BCUT2D eigenvalue weighted by Gasteiger charge is 2.10. The molecule has 1 aromatic rings. The van der Waals surface area contributed by atoms with Crippen LogP contribution in [0.4, 0.5) is 0 Å². The zero-order valence-corrected chi connectivity index (χ0v) is 12.8. The molecule has 1 atom stereocenters. The second-order valence-electron chi connectivity index (χ2n) is 3.99. The fourth-order valence-corrected chi connectivity index (χ4v) is 2.17. The molecular weight excluding hydrogens is 270 g/mol. The van der Waals surface area contributed by atoms with Gasteiger partial charge in [0.15, 0.2) is 11.5 Å². The maximum atomic E-state index is 6.15. The van der Waals surface area contributed by atoms with Gasteiger partial charge in [-0.2, -0.15) is 11.8 Å². The molecule has 1 N–H and O–H groups in total. The van der Waals surface area contributed by atoms with Gasteiger partial charge in [0.2, 0.25) is 0 Å². The first-order chi connectivity index (χ1) is 8.62. The van der Waals surface area contributed by atoms with Crippen molar-refractivity contribution in [2.75, 3.05) is 27.0 Å². The molecule has 18 heavy (non-hydrogen) atoms. The van der Waals surface area contributed by atoms with Gasteiger partial charge in [-0.1, -0.05) is 18.5 Å². The molecule has 0 aliphatic heterocycles. The second kappa shape index (κ2) is 7.77. The molecule has 5 heteroatoms. The Morgan fingerprint density at radius 3 is 2.61 bits per heavy atom. The molecule has 1 rings (SSSR count). The van der Waals surface area contributed by atoms with Gasteiger partial charge in [0.1, 0.15) is 0 Å². The highest BCUT2D eigenvalue weighted by molar-refractivity contribution is 7.99. The lowest BCUT2D eigenvalue weighted by atomic mass is 10.2. The van der Waals surface area contributed by atoms with E-state index >= 15 is 0 Å². The monoisotopic (exact) mass is 289 g/mol. The van der Waals surface area contributed by atoms with E-state index in [9.17, 15) is 0 Å². The van der Waals surface area contributed by atoms with E-state index in [0.717, 1.165) is 18.7 Å². The lowest BCUT2D eigenvalue weighted by molar-refractivity contribution is 0.354. The van der Waals surface area contributed by atoms with E-state index in [2.05, 4.69) is 18.5 Å². The molecule has 0 aliphatic carbocycles. The molecule has 0 aliphatic rings. The van der Waals surface area contributed by atoms with Crippen molar-refractivity contribution in [2.45, 2.75) is 18.7 Å². The third-order valence-electron chi connectivity index (χ3n) is 2.66. The van der Waals surface area contributed by atoms with Crippen LogP contribution in [0.25, 0.3) is 0 Å². The lowest BCUT2D eigenvalue weighted by Crippen LogP contribution is -2.22. The summed E-state index contributed by atoms with van der Waals surface area (Å²) in [5, 5.41) is 4.57. The van der Waals surface area contributed by atoms with Crippen LogP contribution in [0.1, 0.15) is 12.5 Å². The average Bonchev–Trinajstić information content (AvgIpc) is 2.37. The first-order valence-electron chi connectivity index (χ1n) is 5.76. The molecule has 0 heterocycles. The van der Waals surface area contributed by atoms with Crippen molar-refractivity contribution in [1.29, 1.82) is 0 Å². The number of rotatable bonds is 7. The maximum Gasteiger partial charge on any atom is 0.179 e. The van der Waals surface area contributed by atoms with Gasteiger partial charge in [0.05, 0.1) is 19.2 Å². The first kappa shape index (κ1) is 15.5. The third-order valence-corrected chi connectivity index (χ3v) is 3.91. The molecule has 0 radical (unpaired) electrons. The van der Waals surface area contributed by atoms with Crippen molar-refractivity contribution in [3.8, 4) is 11.5 Å². The van der Waals surface area contributed by atoms with Crippen LogP contribution in [0, 0.1) is 0 Å². The zero-order valence-electron chi connectivity index (χ0n) is 11.2. The van der Waals surface area contributed by atoms with Crippen LogP contribution in [-0.4, -0.2) is 32.3 Å². The summed E-state index contributed by atoms with van der Waals surface area (Å²) in [5.41, 5.74) is 1.09. The van der Waals surface area contributed by atoms with Gasteiger partial charge in [0, 0.05) is 18.3 Å². The van der Waals surface area contributed by atoms with Crippen molar-refractivity contribution in [3.63, 3.8) is 0 Å². The van der Waals surface area contributed by atoms with Gasteiger partial charge in [-0.05, 0) is 24.0 Å². The molecule has 0 saturated heterocycles. The molecule has 0 fully saturated rings. The van der Waals surface area contributed by atoms with Crippen molar-refractivity contribution in [2.24, 2.45) is 0 Å². The van der Waals surface area contributed by atoms with Crippen LogP contribution in [-0.2, 0) is 6.54 Å². The summed E-state index contributed by atoms with van der Waals surface area (Å²) in [6, 6.07) is 3.85. The molecule has 102 valence electrons. The second-order valence-corrected chi connectivity index (χ2v) is 5.67. The van der Waals surface area contributed by atoms with E-state index < -0.39 is 0 Å². The molecule has 1 unspecified atom stereocenters. The summed E-state index contributed by atoms with van der Waals surface area (Å²) in [6.07, 6.45) is 2.11. The van der Waals surface area contributed by atoms with Gasteiger partial charge >= 0.3 is 0 Å². The number of thioether (sulfide) groups is 1. The summed E-state index contributed by atoms with van der Waals surface area (Å²) < 4.78 is 10.5. The Hall–Kier alpha value is -0.580. The summed E-state index contributed by atoms with van der Waals surface area (Å²) in [7, 11) is 3.20. The number of ether oxygens (including phenoxy) is 2. The fraction of sp³-hybridized carbons (Fsp3) is 0.538. The van der Waals surface area contributed by atoms with E-state index in [-0.39, 0.29) is 0 Å². The summed E-state index contributed by atoms with van der Waals surface area (Å²) >= 11 is 7.99. The third kappa shape index (κ3) is 4.26. The maximum absolute atomic E-state index is 6.15. The summed E-state index contributed by atoms with van der Waals surface area (Å²) in [4.78, 5) is 0. The Balaban J connectivity index is 2.69. The fourth-order valence-electron chi connectivity index (χ4n) is 1.58. The Morgan fingerprint density at radius 1 is 1.33 bits per heavy atom. The quantitative estimate of drug-likeness (QED) is 0.835. The van der Waals surface area contributed by atoms with E-state index in [4.69, 9.17) is 21.1 Å². The SMILES string of the molecule is COc1cc(CNCC(C)SC)cc(Cl)c1OC. The van der Waals surface area contributed by atoms with Crippen LogP contribution in [0.2, 0.25) is 5.02 Å². The van der Waals surface area contributed by atoms with Gasteiger partial charge in [-0.3, -0.25) is 0 Å². The average molecular weight is 290 g/mol. The largest absolute Gasteiger partial charge is 0.493 e. The number of benzene rings is 1. The summed E-state index contributed by atoms with van der Waals surface area (Å²) in [5.74, 6) is 1.25. The van der Waals surface area contributed by atoms with Crippen molar-refractivity contribution >= 4 is 23.4 Å². The minimum Gasteiger partial charge on any atom is -0.493 e. The van der Waals surface area contributed by atoms with Crippen molar-refractivity contribution in [1.82, 2.24) is 5.32 Å². The molecule has 0 saturated carbocycles. The molecule has 0 aromatic heterocycles. The molecule has 0 spiro atoms. The van der Waals surface area contributed by atoms with Gasteiger partial charge in [0.25, 0.3) is 0 Å². The van der Waals surface area contributed by atoms with Gasteiger partial charge in [-0.25, -0.2) is 0 Å². The highest BCUT2D eigenvalue weighted by Crippen LogP contribution is 2.35. The Morgan fingerprint density at radius 2 is 2.06 bits per heavy atom. The Labute approximate surface area is 118 Å². The van der Waals surface area contributed by atoms with Gasteiger partial charge in [-0.15, -0.1) is 0 Å². The molecule has 0 amide bonds. The van der Waals surface area contributed by atoms with Crippen molar-refractivity contribution < 1.29 is 9.47 Å². The Kier molecular flexibility index (Phi) is 6.68. The van der Waals surface area contributed by atoms with E-state index in [1.807, 2.05) is 23.9 Å². The van der Waals surface area contributed by atoms with Gasteiger partial charge < -0.3 is 14.8 Å². The minimum absolute atomic E-state index is 0.576. The highest BCUT2D eigenvalue weighted by atomic mass is 35.5. The predicted molar refractivity (Wildman–Crippen MR) is 79.2 cm³/mol. The van der Waals surface area contributed by atoms with Crippen LogP contribution in [0.15, 0.2) is 12.1 Å². The number of methoxy groups -OCH3 is 2. The van der Waals surface area contributed by atoms with Crippen LogP contribution >= 0.6 is 23.4 Å². The topological polar surface area (TPSA) is 30.5 Å². The standard InChI is InChI=1S/C13H20ClNO2S/c1-9(18-4)7-15-8-10-5-11(14)13(17-3)12(6-10)16-2/h5-6,9,15H,7-8H2,1-4H3. The molecular formula is C13H20ClNO2S. The zero-order chi connectivity index (χ0) is 13.5. The molecule has 1 aromatic carbocycles. The number of hydrogen-bond acceptors (Lipinski definition) is 4. The minimum atomic E-state index is 0.576. The van der Waals surface area contributed by atoms with Crippen LogP contribution in [0.5, 0.6) is 11.5 Å². The van der Waals surface area contributed by atoms with Crippen LogP contribution in [0.3, 0.4) is 0 Å². The van der Waals surface area contributed by atoms with Crippen molar-refractivity contribution in [3.05, 3.63) is 22.7 Å². The Bertz CT molecular complexity index is 387. The normalized spacial score (nSPS) is 12.3. The van der Waals surface area contributed by atoms with E-state index in [1.54, 1.807) is 14.2 Å². The predicted octanol–water partition coefficient (Wildman–Crippen LogP) is 3.20. The van der Waals surface area contributed by atoms with E-state index in [0.29, 0.717) is 21.8 Å². The number of hydrogen-bond donors (Lipinski definition) is 1. The summed E-state index contributed by atoms with van der Waals surface area (Å²) in [6.45, 7) is 3.93. The number of halogens is 1. The van der Waals surface area contributed by atoms with E-state index in [1.165, 1.54) is 0 Å². The molecule has 3 nitrogen and oxygen atoms in total. The first-order valence-corrected chi connectivity index (χ1v) is 7.42. The number of nitrogens with one attached hydrogen (secondary N) is 1. The lowest BCUT2D eigenvalue weighted by Gasteiger charge is -2.13. The molecule has 0 bridgehead atoms.